The third-order valence-corrected chi connectivity index (χ3v) is 5.65. The van der Waals surface area contributed by atoms with Crippen molar-refractivity contribution in [2.45, 2.75) is 32.9 Å². The van der Waals surface area contributed by atoms with Crippen LogP contribution in [-0.4, -0.2) is 29.5 Å². The number of benzene rings is 1. The van der Waals surface area contributed by atoms with Gasteiger partial charge in [0.05, 0.1) is 5.69 Å². The largest absolute Gasteiger partial charge is 0.478 e. The van der Waals surface area contributed by atoms with Crippen LogP contribution in [0.1, 0.15) is 36.6 Å². The zero-order chi connectivity index (χ0) is 24.4. The summed E-state index contributed by atoms with van der Waals surface area (Å²) in [7, 11) is 1.80. The van der Waals surface area contributed by atoms with Crippen LogP contribution in [0, 0.1) is 15.9 Å². The highest BCUT2D eigenvalue weighted by Gasteiger charge is 2.23. The summed E-state index contributed by atoms with van der Waals surface area (Å²) in [5.74, 6) is -0.872. The molecule has 0 unspecified atom stereocenters. The van der Waals surface area contributed by atoms with E-state index in [4.69, 9.17) is 16.3 Å². The van der Waals surface area contributed by atoms with Crippen LogP contribution >= 0.6 is 11.6 Å². The Bertz CT molecular complexity index is 1350. The van der Waals surface area contributed by atoms with E-state index in [0.29, 0.717) is 34.9 Å². The fourth-order valence-corrected chi connectivity index (χ4v) is 3.98. The molecule has 1 aromatic carbocycles. The van der Waals surface area contributed by atoms with E-state index in [0.717, 1.165) is 11.1 Å². The lowest BCUT2D eigenvalue weighted by Crippen LogP contribution is -2.08. The Hall–Kier alpha value is -3.79. The van der Waals surface area contributed by atoms with E-state index < -0.39 is 22.7 Å². The molecular weight excluding hydrogens is 463 g/mol. The Morgan fingerprint density at radius 3 is 2.74 bits per heavy atom. The van der Waals surface area contributed by atoms with E-state index in [2.05, 4.69) is 15.2 Å². The van der Waals surface area contributed by atoms with Gasteiger partial charge in [-0.2, -0.15) is 10.2 Å². The van der Waals surface area contributed by atoms with Crippen LogP contribution in [0.2, 0.25) is 5.15 Å². The van der Waals surface area contributed by atoms with Gasteiger partial charge in [0.1, 0.15) is 18.1 Å². The van der Waals surface area contributed by atoms with Gasteiger partial charge in [0.25, 0.3) is 0 Å². The summed E-state index contributed by atoms with van der Waals surface area (Å²) >= 11 is 6.32. The number of nitrogens with zero attached hydrogens (tertiary/aromatic N) is 6. The molecular formula is C23H22ClFN6O3. The average Bonchev–Trinajstić information content (AvgIpc) is 3.35. The van der Waals surface area contributed by atoms with E-state index in [1.165, 1.54) is 24.4 Å². The molecule has 0 radical (unpaired) electrons. The molecule has 0 saturated heterocycles. The molecule has 176 valence electrons. The zero-order valence-corrected chi connectivity index (χ0v) is 19.5. The average molecular weight is 485 g/mol. The van der Waals surface area contributed by atoms with Gasteiger partial charge in [-0.05, 0) is 54.1 Å². The summed E-state index contributed by atoms with van der Waals surface area (Å²) < 4.78 is 23.6. The van der Waals surface area contributed by atoms with E-state index in [1.54, 1.807) is 35.5 Å². The topological polar surface area (TPSA) is 101 Å². The molecule has 4 aromatic rings. The number of rotatable bonds is 8. The second-order valence-corrected chi connectivity index (χ2v) is 8.09. The minimum Gasteiger partial charge on any atom is -0.478 e. The fraction of sp³-hybridized carbons (Fsp3) is 0.261. The van der Waals surface area contributed by atoms with Crippen molar-refractivity contribution < 1.29 is 14.1 Å². The van der Waals surface area contributed by atoms with E-state index >= 15 is 0 Å². The second-order valence-electron chi connectivity index (χ2n) is 7.73. The maximum Gasteiger partial charge on any atom is 0.406 e. The molecule has 0 aliphatic rings. The van der Waals surface area contributed by atoms with Crippen LogP contribution < -0.4 is 4.74 Å². The lowest BCUT2D eigenvalue weighted by Gasteiger charge is -2.18. The smallest absolute Gasteiger partial charge is 0.406 e. The molecule has 0 aliphatic heterocycles. The highest BCUT2D eigenvalue weighted by atomic mass is 35.5. The normalized spacial score (nSPS) is 12.0. The van der Waals surface area contributed by atoms with Gasteiger partial charge < -0.3 is 14.9 Å². The quantitative estimate of drug-likeness (QED) is 0.254. The van der Waals surface area contributed by atoms with Crippen LogP contribution in [0.5, 0.6) is 5.75 Å². The summed E-state index contributed by atoms with van der Waals surface area (Å²) in [5.41, 5.74) is 3.49. The van der Waals surface area contributed by atoms with Crippen molar-refractivity contribution in [3.63, 3.8) is 0 Å². The predicted octanol–water partition coefficient (Wildman–Crippen LogP) is 5.13. The summed E-state index contributed by atoms with van der Waals surface area (Å²) in [4.78, 5) is 14.5. The first kappa shape index (κ1) is 23.4. The van der Waals surface area contributed by atoms with Crippen LogP contribution in [0.3, 0.4) is 0 Å². The Balaban J connectivity index is 1.73. The number of aryl methyl sites for hydroxylation is 2. The third-order valence-electron chi connectivity index (χ3n) is 5.33. The van der Waals surface area contributed by atoms with E-state index in [1.807, 2.05) is 19.3 Å². The summed E-state index contributed by atoms with van der Waals surface area (Å²) in [6, 6.07) is 7.32. The molecule has 4 rings (SSSR count). The first-order valence-electron chi connectivity index (χ1n) is 10.6. The van der Waals surface area contributed by atoms with Crippen LogP contribution in [0.4, 0.5) is 10.2 Å². The molecule has 11 heteroatoms. The number of halogens is 2. The van der Waals surface area contributed by atoms with Crippen LogP contribution in [0.15, 0.2) is 48.9 Å². The van der Waals surface area contributed by atoms with Gasteiger partial charge >= 0.3 is 5.82 Å². The first-order valence-corrected chi connectivity index (χ1v) is 10.9. The molecule has 9 nitrogen and oxygen atoms in total. The molecule has 0 saturated carbocycles. The van der Waals surface area contributed by atoms with Gasteiger partial charge in [-0.25, -0.2) is 4.39 Å². The first-order chi connectivity index (χ1) is 16.3. The number of hydrogen-bond donors (Lipinski definition) is 0. The highest BCUT2D eigenvalue weighted by Crippen LogP contribution is 2.35. The van der Waals surface area contributed by atoms with E-state index in [-0.39, 0.29) is 5.75 Å². The Kier molecular flexibility index (Phi) is 6.60. The van der Waals surface area contributed by atoms with Crippen molar-refractivity contribution >= 4 is 17.4 Å². The number of nitro groups is 1. The number of ether oxygens (including phenoxy) is 1. The number of aromatic nitrogens is 5. The molecule has 1 atom stereocenters. The molecule has 0 aliphatic carbocycles. The maximum atomic E-state index is 14.3. The molecule has 34 heavy (non-hydrogen) atoms. The fourth-order valence-electron chi connectivity index (χ4n) is 3.77. The van der Waals surface area contributed by atoms with Crippen molar-refractivity contribution in [1.82, 2.24) is 24.5 Å². The van der Waals surface area contributed by atoms with Crippen molar-refractivity contribution in [3.8, 4) is 17.0 Å². The van der Waals surface area contributed by atoms with Gasteiger partial charge in [0.15, 0.2) is 5.15 Å². The van der Waals surface area contributed by atoms with Crippen molar-refractivity contribution in [2.75, 3.05) is 0 Å². The number of hydrogen-bond acceptors (Lipinski definition) is 6. The SMILES string of the molecule is CCn1cc(Cc2cn(C)nc2-c2ccc(F)cc2[C@@H](C)Oc2cccnc2[N+](=O)[O-])c(Cl)n1. The molecule has 0 spiro atoms. The minimum atomic E-state index is -0.727. The monoisotopic (exact) mass is 484 g/mol. The van der Waals surface area contributed by atoms with Gasteiger partial charge in [-0.1, -0.05) is 11.6 Å². The number of pyridine rings is 1. The third kappa shape index (κ3) is 4.76. The predicted molar refractivity (Wildman–Crippen MR) is 124 cm³/mol. The molecule has 0 N–H and O–H groups in total. The Morgan fingerprint density at radius 2 is 2.03 bits per heavy atom. The molecule has 0 bridgehead atoms. The van der Waals surface area contributed by atoms with Gasteiger partial charge in [0.2, 0.25) is 5.75 Å². The summed E-state index contributed by atoms with van der Waals surface area (Å²) in [6.07, 6.45) is 4.82. The van der Waals surface area contributed by atoms with Crippen molar-refractivity contribution in [2.24, 2.45) is 7.05 Å². The van der Waals surface area contributed by atoms with Gasteiger partial charge in [-0.3, -0.25) is 9.36 Å². The molecule has 3 aromatic heterocycles. The molecule has 0 fully saturated rings. The van der Waals surface area contributed by atoms with Gasteiger partial charge in [0, 0.05) is 54.7 Å². The maximum absolute atomic E-state index is 14.3. The zero-order valence-electron chi connectivity index (χ0n) is 18.8. The highest BCUT2D eigenvalue weighted by molar-refractivity contribution is 6.30. The van der Waals surface area contributed by atoms with Crippen molar-refractivity contribution in [3.05, 3.63) is 86.7 Å². The summed E-state index contributed by atoms with van der Waals surface area (Å²) in [5, 5.41) is 20.6. The lowest BCUT2D eigenvalue weighted by molar-refractivity contribution is -0.390. The standard InChI is InChI=1S/C23H22ClFN6O3/c1-4-30-13-16(22(24)28-30)10-15-12-29(3)27-21(15)18-8-7-17(25)11-19(18)14(2)34-20-6-5-9-26-23(20)31(32)33/h5-9,11-14H,4,10H2,1-3H3/t14-/m1/s1. The second kappa shape index (κ2) is 9.60. The molecule has 0 amide bonds. The Morgan fingerprint density at radius 1 is 1.24 bits per heavy atom. The van der Waals surface area contributed by atoms with Crippen LogP contribution in [0.25, 0.3) is 11.3 Å². The lowest BCUT2D eigenvalue weighted by atomic mass is 9.96. The van der Waals surface area contributed by atoms with Crippen molar-refractivity contribution in [1.29, 1.82) is 0 Å². The van der Waals surface area contributed by atoms with Gasteiger partial charge in [-0.15, -0.1) is 0 Å². The van der Waals surface area contributed by atoms with Crippen LogP contribution in [-0.2, 0) is 20.0 Å². The Labute approximate surface area is 199 Å². The minimum absolute atomic E-state index is 0.00443. The van der Waals surface area contributed by atoms with E-state index in [9.17, 15) is 14.5 Å². The summed E-state index contributed by atoms with van der Waals surface area (Å²) in [6.45, 7) is 4.36. The molecule has 3 heterocycles.